The maximum atomic E-state index is 5.92. The second-order valence-corrected chi connectivity index (χ2v) is 4.95. The van der Waals surface area contributed by atoms with Crippen molar-refractivity contribution in [2.24, 2.45) is 5.73 Å². The number of nitrogens with one attached hydrogen (secondary N) is 1. The van der Waals surface area contributed by atoms with E-state index in [2.05, 4.69) is 20.6 Å². The van der Waals surface area contributed by atoms with Crippen LogP contribution in [0.2, 0.25) is 5.02 Å². The third-order valence-electron chi connectivity index (χ3n) is 2.31. The number of halogens is 1. The van der Waals surface area contributed by atoms with Gasteiger partial charge in [-0.25, -0.2) is 0 Å². The van der Waals surface area contributed by atoms with Crippen molar-refractivity contribution in [3.8, 4) is 0 Å². The molecule has 2 heterocycles. The summed E-state index contributed by atoms with van der Waals surface area (Å²) in [5, 5.41) is 16.8. The highest BCUT2D eigenvalue weighted by Gasteiger charge is 2.10. The Morgan fingerprint density at radius 1 is 1.35 bits per heavy atom. The molecule has 0 saturated carbocycles. The molecule has 0 unspecified atom stereocenters. The molecule has 0 saturated heterocycles. The van der Waals surface area contributed by atoms with Crippen LogP contribution < -0.4 is 11.1 Å². The van der Waals surface area contributed by atoms with E-state index in [1.54, 1.807) is 4.52 Å². The first kappa shape index (κ1) is 14.7. The molecule has 2 aromatic heterocycles. The van der Waals surface area contributed by atoms with Gasteiger partial charge in [0.15, 0.2) is 5.82 Å². The number of aromatic nitrogens is 4. The van der Waals surface area contributed by atoms with Gasteiger partial charge in [0, 0.05) is 10.7 Å². The molecular formula is C12H15ClN6S. The summed E-state index contributed by atoms with van der Waals surface area (Å²) in [5.41, 5.74) is 6.42. The summed E-state index contributed by atoms with van der Waals surface area (Å²) >= 11 is 7.32. The number of anilines is 2. The fourth-order valence-electron chi connectivity index (χ4n) is 1.52. The zero-order chi connectivity index (χ0) is 14.5. The molecule has 3 N–H and O–H groups in total. The zero-order valence-electron chi connectivity index (χ0n) is 11.2. The lowest BCUT2D eigenvalue weighted by atomic mass is 10.3. The molecule has 0 aliphatic rings. The largest absolute Gasteiger partial charge is 0.330 e. The second-order valence-electron chi connectivity index (χ2n) is 3.56. The molecular weight excluding hydrogens is 296 g/mol. The lowest BCUT2D eigenvalue weighted by Crippen LogP contribution is -2.03. The number of rotatable bonds is 3. The van der Waals surface area contributed by atoms with Crippen molar-refractivity contribution in [3.05, 3.63) is 35.1 Å². The van der Waals surface area contributed by atoms with E-state index in [0.717, 1.165) is 10.8 Å². The molecule has 0 bridgehead atoms. The summed E-state index contributed by atoms with van der Waals surface area (Å²) in [5.74, 6) is 0.639. The van der Waals surface area contributed by atoms with Gasteiger partial charge in [-0.3, -0.25) is 0 Å². The number of hydrogen-bond donors (Lipinski definition) is 2. The summed E-state index contributed by atoms with van der Waals surface area (Å²) in [6.07, 6.45) is 0. The van der Waals surface area contributed by atoms with Crippen LogP contribution in [-0.4, -0.2) is 19.8 Å². The van der Waals surface area contributed by atoms with Gasteiger partial charge in [-0.1, -0.05) is 42.9 Å². The smallest absolute Gasteiger partial charge is 0.236 e. The number of nitrogens with zero attached hydrogens (tertiary/aromatic N) is 4. The van der Waals surface area contributed by atoms with Crippen LogP contribution in [0.15, 0.2) is 24.3 Å². The molecule has 0 atom stereocenters. The van der Waals surface area contributed by atoms with Gasteiger partial charge < -0.3 is 11.1 Å². The normalized spacial score (nSPS) is 10.2. The van der Waals surface area contributed by atoms with Crippen LogP contribution in [0, 0.1) is 0 Å². The fourth-order valence-corrected chi connectivity index (χ4v) is 2.49. The maximum Gasteiger partial charge on any atom is 0.236 e. The molecule has 8 heteroatoms. The van der Waals surface area contributed by atoms with Crippen molar-refractivity contribution < 1.29 is 0 Å². The predicted octanol–water partition coefficient (Wildman–Crippen LogP) is 3.07. The average Bonchev–Trinajstić information content (AvgIpc) is 3.00. The Morgan fingerprint density at radius 3 is 2.85 bits per heavy atom. The summed E-state index contributed by atoms with van der Waals surface area (Å²) in [6.45, 7) is 4.31. The Morgan fingerprint density at radius 2 is 2.15 bits per heavy atom. The van der Waals surface area contributed by atoms with E-state index in [1.807, 2.05) is 38.1 Å². The minimum absolute atomic E-state index is 0.307. The maximum absolute atomic E-state index is 5.92. The molecule has 0 spiro atoms. The summed E-state index contributed by atoms with van der Waals surface area (Å²) < 4.78 is 1.64. The van der Waals surface area contributed by atoms with Crippen molar-refractivity contribution >= 4 is 38.7 Å². The molecule has 0 aliphatic carbocycles. The van der Waals surface area contributed by atoms with E-state index in [9.17, 15) is 0 Å². The second kappa shape index (κ2) is 6.65. The highest BCUT2D eigenvalue weighted by molar-refractivity contribution is 7.20. The number of benzene rings is 1. The van der Waals surface area contributed by atoms with Crippen molar-refractivity contribution in [3.63, 3.8) is 0 Å². The van der Waals surface area contributed by atoms with Gasteiger partial charge >= 0.3 is 0 Å². The standard InChI is InChI=1S/C10H9ClN6S.C2H6/c11-6-2-1-3-7(4-6)13-9-16-17-8(5-12)14-15-10(17)18-9;1-2/h1-4H,5,12H2,(H,13,16);1-2H3. The van der Waals surface area contributed by atoms with Gasteiger partial charge in [-0.2, -0.15) is 4.52 Å². The highest BCUT2D eigenvalue weighted by Crippen LogP contribution is 2.24. The number of fused-ring (bicyclic) bond motifs is 1. The third kappa shape index (κ3) is 3.06. The zero-order valence-corrected chi connectivity index (χ0v) is 12.7. The Kier molecular flexibility index (Phi) is 4.89. The Bertz CT molecular complexity index is 692. The molecule has 1 aromatic carbocycles. The predicted molar refractivity (Wildman–Crippen MR) is 82.6 cm³/mol. The first-order valence-electron chi connectivity index (χ1n) is 6.20. The van der Waals surface area contributed by atoms with Crippen LogP contribution in [0.5, 0.6) is 0 Å². The first-order chi connectivity index (χ1) is 9.76. The van der Waals surface area contributed by atoms with E-state index >= 15 is 0 Å². The van der Waals surface area contributed by atoms with E-state index < -0.39 is 0 Å². The molecule has 3 rings (SSSR count). The molecule has 0 radical (unpaired) electrons. The fraction of sp³-hybridized carbons (Fsp3) is 0.250. The molecule has 0 fully saturated rings. The van der Waals surface area contributed by atoms with Gasteiger partial charge in [0.1, 0.15) is 0 Å². The lowest BCUT2D eigenvalue weighted by molar-refractivity contribution is 0.821. The summed E-state index contributed by atoms with van der Waals surface area (Å²) in [7, 11) is 0. The first-order valence-corrected chi connectivity index (χ1v) is 7.39. The van der Waals surface area contributed by atoms with Crippen LogP contribution in [0.25, 0.3) is 4.96 Å². The molecule has 6 nitrogen and oxygen atoms in total. The molecule has 20 heavy (non-hydrogen) atoms. The van der Waals surface area contributed by atoms with Crippen LogP contribution in [0.4, 0.5) is 10.8 Å². The summed E-state index contributed by atoms with van der Waals surface area (Å²) in [4.78, 5) is 0.708. The highest BCUT2D eigenvalue weighted by atomic mass is 35.5. The van der Waals surface area contributed by atoms with E-state index in [1.165, 1.54) is 11.3 Å². The molecule has 3 aromatic rings. The Labute approximate surface area is 125 Å². The summed E-state index contributed by atoms with van der Waals surface area (Å²) in [6, 6.07) is 7.43. The minimum Gasteiger partial charge on any atom is -0.330 e. The number of hydrogen-bond acceptors (Lipinski definition) is 6. The van der Waals surface area contributed by atoms with Gasteiger partial charge in [0.25, 0.3) is 0 Å². The topological polar surface area (TPSA) is 81.1 Å². The van der Waals surface area contributed by atoms with Gasteiger partial charge in [-0.05, 0) is 18.2 Å². The van der Waals surface area contributed by atoms with E-state index in [-0.39, 0.29) is 0 Å². The lowest BCUT2D eigenvalue weighted by Gasteiger charge is -2.01. The van der Waals surface area contributed by atoms with Crippen molar-refractivity contribution in [2.75, 3.05) is 5.32 Å². The van der Waals surface area contributed by atoms with Crippen LogP contribution >= 0.6 is 22.9 Å². The molecule has 0 aliphatic heterocycles. The van der Waals surface area contributed by atoms with Gasteiger partial charge in [-0.15, -0.1) is 15.3 Å². The van der Waals surface area contributed by atoms with Crippen molar-refractivity contribution in [1.29, 1.82) is 0 Å². The van der Waals surface area contributed by atoms with Crippen LogP contribution in [0.1, 0.15) is 19.7 Å². The quantitative estimate of drug-likeness (QED) is 0.777. The third-order valence-corrected chi connectivity index (χ3v) is 3.36. The number of nitrogens with two attached hydrogens (primary N) is 1. The van der Waals surface area contributed by atoms with E-state index in [4.69, 9.17) is 17.3 Å². The van der Waals surface area contributed by atoms with Crippen molar-refractivity contribution in [1.82, 2.24) is 19.8 Å². The Hall–Kier alpha value is -1.70. The molecule has 106 valence electrons. The molecule has 0 amide bonds. The van der Waals surface area contributed by atoms with Gasteiger partial charge in [0.2, 0.25) is 10.1 Å². The SMILES string of the molecule is CC.NCc1nnc2sc(Nc3cccc(Cl)c3)nn12. The van der Waals surface area contributed by atoms with E-state index in [0.29, 0.717) is 22.4 Å². The Balaban J connectivity index is 0.000000704. The minimum atomic E-state index is 0.307. The monoisotopic (exact) mass is 310 g/mol. The average molecular weight is 311 g/mol. The van der Waals surface area contributed by atoms with Crippen LogP contribution in [0.3, 0.4) is 0 Å². The van der Waals surface area contributed by atoms with Crippen LogP contribution in [-0.2, 0) is 6.54 Å². The van der Waals surface area contributed by atoms with Gasteiger partial charge in [0.05, 0.1) is 6.54 Å². The van der Waals surface area contributed by atoms with Crippen molar-refractivity contribution in [2.45, 2.75) is 20.4 Å².